The average molecular weight is 488 g/mol. The van der Waals surface area contributed by atoms with Crippen LogP contribution in [0.15, 0.2) is 18.2 Å². The Morgan fingerprint density at radius 2 is 1.94 bits per heavy atom. The molecule has 0 spiro atoms. The van der Waals surface area contributed by atoms with Crippen molar-refractivity contribution in [2.24, 2.45) is 17.6 Å². The molecule has 0 unspecified atom stereocenters. The van der Waals surface area contributed by atoms with Crippen molar-refractivity contribution >= 4 is 34.5 Å². The van der Waals surface area contributed by atoms with E-state index in [1.165, 1.54) is 25.3 Å². The summed E-state index contributed by atoms with van der Waals surface area (Å²) in [6.07, 6.45) is 3.76. The van der Waals surface area contributed by atoms with Gasteiger partial charge in [0.25, 0.3) is 5.91 Å². The van der Waals surface area contributed by atoms with Crippen LogP contribution in [0.3, 0.4) is 0 Å². The van der Waals surface area contributed by atoms with Crippen molar-refractivity contribution in [1.82, 2.24) is 20.9 Å². The highest BCUT2D eigenvalue weighted by Gasteiger charge is 2.34. The van der Waals surface area contributed by atoms with E-state index in [0.29, 0.717) is 30.5 Å². The smallest absolute Gasteiger partial charge is 0.268 e. The number of benzene rings is 1. The lowest BCUT2D eigenvalue weighted by Gasteiger charge is -2.27. The normalized spacial score (nSPS) is 19.5. The van der Waals surface area contributed by atoms with Gasteiger partial charge in [0.2, 0.25) is 17.7 Å². The van der Waals surface area contributed by atoms with Gasteiger partial charge in [0.1, 0.15) is 29.3 Å². The zero-order valence-corrected chi connectivity index (χ0v) is 19.5. The Bertz CT molecular complexity index is 1140. The highest BCUT2D eigenvalue weighted by molar-refractivity contribution is 6.02. The van der Waals surface area contributed by atoms with Crippen molar-refractivity contribution in [3.63, 3.8) is 0 Å². The van der Waals surface area contributed by atoms with Crippen molar-refractivity contribution in [2.75, 3.05) is 13.7 Å². The fourth-order valence-corrected chi connectivity index (χ4v) is 4.48. The highest BCUT2D eigenvalue weighted by Crippen LogP contribution is 2.34. The van der Waals surface area contributed by atoms with Gasteiger partial charge in [-0.15, -0.1) is 0 Å². The lowest BCUT2D eigenvalue weighted by molar-refractivity contribution is -0.131. The number of rotatable bonds is 10. The van der Waals surface area contributed by atoms with E-state index in [1.807, 2.05) is 0 Å². The second-order valence-electron chi connectivity index (χ2n) is 9.26. The molecule has 1 saturated carbocycles. The van der Waals surface area contributed by atoms with Gasteiger partial charge in [-0.05, 0) is 49.8 Å². The molecule has 3 atom stereocenters. The summed E-state index contributed by atoms with van der Waals surface area (Å²) in [4.78, 5) is 53.0. The molecule has 1 aliphatic heterocycles. The number of H-pyrrole nitrogens is 1. The quantitative estimate of drug-likeness (QED) is 0.339. The number of ether oxygens (including phenoxy) is 1. The number of amides is 4. The highest BCUT2D eigenvalue weighted by atomic mass is 19.1. The minimum Gasteiger partial charge on any atom is -0.496 e. The molecule has 188 valence electrons. The molecule has 11 heteroatoms. The summed E-state index contributed by atoms with van der Waals surface area (Å²) in [7, 11) is 1.45. The first-order valence-electron chi connectivity index (χ1n) is 11.8. The molecule has 1 aromatic heterocycles. The average Bonchev–Trinajstić information content (AvgIpc) is 3.53. The summed E-state index contributed by atoms with van der Waals surface area (Å²) in [5.74, 6) is -2.33. The van der Waals surface area contributed by atoms with E-state index in [0.717, 1.165) is 19.3 Å². The molecule has 1 aliphatic carbocycles. The Morgan fingerprint density at radius 3 is 2.60 bits per heavy atom. The fraction of sp³-hybridized carbons (Fsp3) is 0.500. The summed E-state index contributed by atoms with van der Waals surface area (Å²) in [6, 6.07) is 2.20. The molecule has 10 nitrogen and oxygen atoms in total. The number of methoxy groups -OCH3 is 1. The molecular formula is C24H30FN5O5. The van der Waals surface area contributed by atoms with Crippen LogP contribution >= 0.6 is 0 Å². The number of nitrogens with one attached hydrogen (secondary N) is 4. The maximum Gasteiger partial charge on any atom is 0.268 e. The minimum absolute atomic E-state index is 0.0716. The molecule has 35 heavy (non-hydrogen) atoms. The maximum atomic E-state index is 14.2. The van der Waals surface area contributed by atoms with Crippen molar-refractivity contribution in [2.45, 2.75) is 50.6 Å². The van der Waals surface area contributed by atoms with Gasteiger partial charge in [-0.1, -0.05) is 12.8 Å². The van der Waals surface area contributed by atoms with E-state index in [4.69, 9.17) is 10.5 Å². The Morgan fingerprint density at radius 1 is 1.17 bits per heavy atom. The number of nitrogens with two attached hydrogens (primary N) is 1. The molecule has 2 fully saturated rings. The fourth-order valence-electron chi connectivity index (χ4n) is 4.48. The summed E-state index contributed by atoms with van der Waals surface area (Å²) in [5, 5.41) is 8.49. The second kappa shape index (κ2) is 10.3. The number of carbonyl (C=O) groups excluding carboxylic acids is 4. The largest absolute Gasteiger partial charge is 0.496 e. The summed E-state index contributed by atoms with van der Waals surface area (Å²) in [5.41, 5.74) is 5.71. The number of fused-ring (bicyclic) bond motifs is 1. The summed E-state index contributed by atoms with van der Waals surface area (Å²) < 4.78 is 19.5. The SMILES string of the molecule is COc1ccc(F)c2[nH]c(C(=O)N[C@@H](CC3CC3)C(=O)N[C@@H](C[C@@H]3CCCNC3=O)C(N)=O)cc12. The van der Waals surface area contributed by atoms with E-state index in [9.17, 15) is 23.6 Å². The molecule has 0 bridgehead atoms. The molecule has 2 heterocycles. The van der Waals surface area contributed by atoms with E-state index < -0.39 is 41.5 Å². The van der Waals surface area contributed by atoms with Gasteiger partial charge in [0, 0.05) is 17.8 Å². The van der Waals surface area contributed by atoms with E-state index in [2.05, 4.69) is 20.9 Å². The molecule has 4 amide bonds. The van der Waals surface area contributed by atoms with Crippen LogP contribution in [0.2, 0.25) is 0 Å². The number of carbonyl (C=O) groups is 4. The zero-order chi connectivity index (χ0) is 25.1. The van der Waals surface area contributed by atoms with Gasteiger partial charge < -0.3 is 31.4 Å². The van der Waals surface area contributed by atoms with Gasteiger partial charge in [0.15, 0.2) is 0 Å². The lowest BCUT2D eigenvalue weighted by Crippen LogP contribution is -2.54. The Hall–Kier alpha value is -3.63. The van der Waals surface area contributed by atoms with Crippen LogP contribution in [0.25, 0.3) is 10.9 Å². The molecule has 1 aromatic carbocycles. The molecule has 4 rings (SSSR count). The van der Waals surface area contributed by atoms with Crippen LogP contribution < -0.4 is 26.4 Å². The predicted octanol–water partition coefficient (Wildman–Crippen LogP) is 1.10. The van der Waals surface area contributed by atoms with Crippen LogP contribution in [0.5, 0.6) is 5.75 Å². The van der Waals surface area contributed by atoms with E-state index in [1.54, 1.807) is 0 Å². The van der Waals surface area contributed by atoms with Gasteiger partial charge in [-0.3, -0.25) is 19.2 Å². The van der Waals surface area contributed by atoms with Crippen LogP contribution in [-0.4, -0.2) is 54.4 Å². The maximum absolute atomic E-state index is 14.2. The molecule has 1 saturated heterocycles. The third-order valence-corrected chi connectivity index (χ3v) is 6.63. The molecule has 2 aromatic rings. The van der Waals surface area contributed by atoms with Crippen molar-refractivity contribution in [3.8, 4) is 5.75 Å². The van der Waals surface area contributed by atoms with E-state index >= 15 is 0 Å². The van der Waals surface area contributed by atoms with Gasteiger partial charge >= 0.3 is 0 Å². The third-order valence-electron chi connectivity index (χ3n) is 6.63. The molecule has 6 N–H and O–H groups in total. The summed E-state index contributed by atoms with van der Waals surface area (Å²) in [6.45, 7) is 0.585. The second-order valence-corrected chi connectivity index (χ2v) is 9.26. The van der Waals surface area contributed by atoms with Crippen LogP contribution in [-0.2, 0) is 14.4 Å². The van der Waals surface area contributed by atoms with Crippen LogP contribution in [0, 0.1) is 17.7 Å². The van der Waals surface area contributed by atoms with Gasteiger partial charge in [-0.25, -0.2) is 4.39 Å². The number of aromatic amines is 1. The topological polar surface area (TPSA) is 155 Å². The predicted molar refractivity (Wildman–Crippen MR) is 125 cm³/mol. The number of hydrogen-bond donors (Lipinski definition) is 5. The van der Waals surface area contributed by atoms with Crippen LogP contribution in [0.4, 0.5) is 4.39 Å². The van der Waals surface area contributed by atoms with Gasteiger partial charge in [-0.2, -0.15) is 0 Å². The third kappa shape index (κ3) is 5.72. The number of halogens is 1. The van der Waals surface area contributed by atoms with E-state index in [-0.39, 0.29) is 29.5 Å². The Labute approximate surface area is 201 Å². The monoisotopic (exact) mass is 487 g/mol. The molecule has 0 radical (unpaired) electrons. The van der Waals surface area contributed by atoms with Crippen molar-refractivity contribution < 1.29 is 28.3 Å². The van der Waals surface area contributed by atoms with Crippen molar-refractivity contribution in [3.05, 3.63) is 29.7 Å². The number of hydrogen-bond acceptors (Lipinski definition) is 5. The number of primary amides is 1. The molecule has 2 aliphatic rings. The molecular weight excluding hydrogens is 457 g/mol. The first-order chi connectivity index (χ1) is 16.8. The summed E-state index contributed by atoms with van der Waals surface area (Å²) >= 11 is 0. The first kappa shape index (κ1) is 24.5. The number of aromatic nitrogens is 1. The zero-order valence-electron chi connectivity index (χ0n) is 19.5. The lowest BCUT2D eigenvalue weighted by atomic mass is 9.91. The van der Waals surface area contributed by atoms with Gasteiger partial charge in [0.05, 0.1) is 12.6 Å². The first-order valence-corrected chi connectivity index (χ1v) is 11.8. The minimum atomic E-state index is -1.04. The standard InChI is InChI=1S/C24H30FN5O5/c1-35-19-7-6-15(25)20-14(19)11-18(28-20)24(34)30-17(9-12-4-5-12)23(33)29-16(21(26)31)10-13-3-2-8-27-22(13)32/h6-7,11-13,16-17,28H,2-5,8-10H2,1H3,(H2,26,31)(H,27,32)(H,29,33)(H,30,34)/t13-,16-,17-/m0/s1. The Kier molecular flexibility index (Phi) is 7.23. The van der Waals surface area contributed by atoms with Crippen molar-refractivity contribution in [1.29, 1.82) is 0 Å². The van der Waals surface area contributed by atoms with Crippen LogP contribution in [0.1, 0.15) is 49.0 Å². The Balaban J connectivity index is 1.48. The number of piperidine rings is 1.